The maximum Gasteiger partial charge on any atom is 0.337 e. The van der Waals surface area contributed by atoms with Crippen molar-refractivity contribution in [3.63, 3.8) is 0 Å². The zero-order chi connectivity index (χ0) is 41.5. The summed E-state index contributed by atoms with van der Waals surface area (Å²) in [5.41, 5.74) is 7.73. The number of methoxy groups -OCH3 is 1. The number of hydrogen-bond acceptors (Lipinski definition) is 5. The van der Waals surface area contributed by atoms with Crippen LogP contribution in [0.5, 0.6) is 0 Å². The summed E-state index contributed by atoms with van der Waals surface area (Å²) in [7, 11) is 1.36. The summed E-state index contributed by atoms with van der Waals surface area (Å²) in [5, 5.41) is 21.6. The molecule has 1 N–H and O–H groups in total. The largest absolute Gasteiger partial charge is 0.478 e. The van der Waals surface area contributed by atoms with Crippen LogP contribution in [0.1, 0.15) is 54.4 Å². The lowest BCUT2D eigenvalue weighted by Crippen LogP contribution is -2.01. The molecule has 0 aliphatic carbocycles. The third-order valence-electron chi connectivity index (χ3n) is 9.33. The lowest BCUT2D eigenvalue weighted by atomic mass is 10.1. The molecule has 8 nitrogen and oxygen atoms in total. The second-order valence-corrected chi connectivity index (χ2v) is 14.2. The average Bonchev–Trinajstić information content (AvgIpc) is 3.76. The lowest BCUT2D eigenvalue weighted by Gasteiger charge is -2.04. The summed E-state index contributed by atoms with van der Waals surface area (Å²) in [5.74, 6) is -1.87. The number of benzene rings is 6. The molecule has 6 aromatic carbocycles. The summed E-state index contributed by atoms with van der Waals surface area (Å²) >= 11 is 12.4. The Hall–Kier alpha value is -6.88. The van der Waals surface area contributed by atoms with E-state index >= 15 is 0 Å². The number of carbonyl (C=O) groups excluding carboxylic acids is 1. The molecule has 8 rings (SSSR count). The van der Waals surface area contributed by atoms with Gasteiger partial charge in [-0.25, -0.2) is 18.4 Å². The van der Waals surface area contributed by atoms with Gasteiger partial charge in [0, 0.05) is 20.8 Å². The minimum atomic E-state index is -0.956. The van der Waals surface area contributed by atoms with Crippen LogP contribution in [0.25, 0.3) is 46.1 Å². The van der Waals surface area contributed by atoms with Gasteiger partial charge in [-0.05, 0) is 119 Å². The molecule has 12 heteroatoms. The fourth-order valence-corrected chi connectivity index (χ4v) is 6.63. The molecular formula is C47H34Cl2F2N4O4. The van der Waals surface area contributed by atoms with Crippen molar-refractivity contribution in [2.45, 2.75) is 13.1 Å². The van der Waals surface area contributed by atoms with Gasteiger partial charge in [0.1, 0.15) is 11.6 Å². The third-order valence-corrected chi connectivity index (χ3v) is 9.80. The highest BCUT2D eigenvalue weighted by Gasteiger charge is 2.12. The first-order chi connectivity index (χ1) is 28.5. The first-order valence-corrected chi connectivity index (χ1v) is 19.0. The smallest absolute Gasteiger partial charge is 0.337 e. The van der Waals surface area contributed by atoms with Crippen molar-refractivity contribution in [3.05, 3.63) is 200 Å². The van der Waals surface area contributed by atoms with E-state index in [0.717, 1.165) is 55.4 Å². The van der Waals surface area contributed by atoms with Crippen LogP contribution in [0, 0.1) is 11.6 Å². The number of fused-ring (bicyclic) bond motifs is 2. The topological polar surface area (TPSA) is 99.2 Å². The first-order valence-electron chi connectivity index (χ1n) is 18.2. The Morgan fingerprint density at radius 1 is 0.593 bits per heavy atom. The number of carbonyl (C=O) groups is 2. The van der Waals surface area contributed by atoms with Crippen LogP contribution in [0.2, 0.25) is 10.0 Å². The summed E-state index contributed by atoms with van der Waals surface area (Å²) in [6.45, 7) is 0.983. The van der Waals surface area contributed by atoms with Crippen molar-refractivity contribution >= 4 is 81.3 Å². The summed E-state index contributed by atoms with van der Waals surface area (Å²) in [4.78, 5) is 22.5. The molecule has 59 heavy (non-hydrogen) atoms. The molecule has 0 fully saturated rings. The van der Waals surface area contributed by atoms with Crippen LogP contribution >= 0.6 is 23.2 Å². The van der Waals surface area contributed by atoms with Gasteiger partial charge in [0.2, 0.25) is 0 Å². The quantitative estimate of drug-likeness (QED) is 0.138. The van der Waals surface area contributed by atoms with Crippen LogP contribution in [-0.2, 0) is 17.8 Å². The monoisotopic (exact) mass is 826 g/mol. The number of aromatic carboxylic acids is 1. The molecule has 0 saturated carbocycles. The number of esters is 1. The van der Waals surface area contributed by atoms with E-state index in [2.05, 4.69) is 0 Å². The molecule has 2 aromatic heterocycles. The van der Waals surface area contributed by atoms with E-state index in [9.17, 15) is 18.4 Å². The van der Waals surface area contributed by atoms with Gasteiger partial charge in [0.15, 0.2) is 0 Å². The summed E-state index contributed by atoms with van der Waals surface area (Å²) < 4.78 is 34.8. The number of hydrogen-bond donors (Lipinski definition) is 1. The highest BCUT2D eigenvalue weighted by Crippen LogP contribution is 2.27. The second kappa shape index (κ2) is 18.1. The highest BCUT2D eigenvalue weighted by molar-refractivity contribution is 6.31. The predicted octanol–water partition coefficient (Wildman–Crippen LogP) is 11.6. The molecule has 0 aliphatic rings. The Labute approximate surface area is 347 Å². The molecule has 0 radical (unpaired) electrons. The van der Waals surface area contributed by atoms with Crippen LogP contribution in [0.15, 0.2) is 133 Å². The number of halogens is 4. The highest BCUT2D eigenvalue weighted by atomic mass is 35.5. The van der Waals surface area contributed by atoms with Crippen molar-refractivity contribution in [2.75, 3.05) is 7.11 Å². The molecule has 0 bridgehead atoms. The SMILES string of the molecule is COC(=O)c1ccc(C=Cc2nn(Cc3ccc(F)cc3)c3cc(Cl)ccc23)cc1.O=C(O)c1ccc(/C=C/c2nn(Cc3ccc(F)cc3)c3cc(Cl)ccc23)cc1. The fourth-order valence-electron chi connectivity index (χ4n) is 6.29. The van der Waals surface area contributed by atoms with Gasteiger partial charge in [-0.2, -0.15) is 10.2 Å². The van der Waals surface area contributed by atoms with Crippen molar-refractivity contribution in [1.29, 1.82) is 0 Å². The molecule has 0 aliphatic heterocycles. The van der Waals surface area contributed by atoms with Gasteiger partial charge in [0.05, 0.1) is 53.7 Å². The Bertz CT molecular complexity index is 2830. The van der Waals surface area contributed by atoms with Gasteiger partial charge < -0.3 is 9.84 Å². The van der Waals surface area contributed by atoms with E-state index < -0.39 is 5.97 Å². The fraction of sp³-hybridized carbons (Fsp3) is 0.0638. The van der Waals surface area contributed by atoms with E-state index in [4.69, 9.17) is 43.2 Å². The first kappa shape index (κ1) is 40.3. The number of carboxylic acids is 1. The molecule has 294 valence electrons. The molecule has 0 spiro atoms. The van der Waals surface area contributed by atoms with Crippen molar-refractivity contribution in [2.24, 2.45) is 0 Å². The maximum absolute atomic E-state index is 13.2. The molecule has 0 atom stereocenters. The molecule has 0 unspecified atom stereocenters. The van der Waals surface area contributed by atoms with Gasteiger partial charge in [0.25, 0.3) is 0 Å². The molecule has 2 heterocycles. The zero-order valence-corrected chi connectivity index (χ0v) is 32.9. The minimum absolute atomic E-state index is 0.241. The third kappa shape index (κ3) is 9.99. The van der Waals surface area contributed by atoms with Gasteiger partial charge in [-0.3, -0.25) is 9.36 Å². The average molecular weight is 828 g/mol. The maximum atomic E-state index is 13.2. The molecule has 0 amide bonds. The van der Waals surface area contributed by atoms with Crippen molar-refractivity contribution in [1.82, 2.24) is 19.6 Å². The number of ether oxygens (including phenoxy) is 1. The number of rotatable bonds is 10. The van der Waals surface area contributed by atoms with Gasteiger partial charge >= 0.3 is 11.9 Å². The van der Waals surface area contributed by atoms with Gasteiger partial charge in [-0.1, -0.05) is 83.9 Å². The van der Waals surface area contributed by atoms with Crippen LogP contribution in [-0.4, -0.2) is 43.7 Å². The summed E-state index contributed by atoms with van der Waals surface area (Å²) in [6.07, 6.45) is 7.61. The Balaban J connectivity index is 0.000000179. The lowest BCUT2D eigenvalue weighted by molar-refractivity contribution is 0.0599. The standard InChI is InChI=1S/C24H18ClFN2O2.C23H16ClFN2O2/c1-30-24(29)18-7-2-16(3-8-18)6-13-22-21-12-9-19(25)14-23(21)28(27-22)15-17-4-10-20(26)11-5-17;24-18-8-11-20-21(12-5-15-1-6-17(7-2-15)23(28)29)26-27(22(20)13-18)14-16-3-9-19(25)10-4-16/h2-14H,15H2,1H3;1-13H,14H2,(H,28,29)/b;12-5+. The Morgan fingerprint density at radius 3 is 1.39 bits per heavy atom. The predicted molar refractivity (Wildman–Crippen MR) is 230 cm³/mol. The zero-order valence-electron chi connectivity index (χ0n) is 31.4. The number of carboxylic acid groups (broad SMARTS) is 1. The van der Waals surface area contributed by atoms with Crippen LogP contribution in [0.4, 0.5) is 8.78 Å². The molecular weight excluding hydrogens is 793 g/mol. The van der Waals surface area contributed by atoms with Crippen LogP contribution in [0.3, 0.4) is 0 Å². The molecule has 0 saturated heterocycles. The summed E-state index contributed by atoms with van der Waals surface area (Å²) in [6, 6.07) is 37.6. The Morgan fingerprint density at radius 2 is 1.00 bits per heavy atom. The number of aromatic nitrogens is 4. The van der Waals surface area contributed by atoms with E-state index in [0.29, 0.717) is 28.7 Å². The number of nitrogens with zero attached hydrogens (tertiary/aromatic N) is 4. The second-order valence-electron chi connectivity index (χ2n) is 13.4. The van der Waals surface area contributed by atoms with Crippen molar-refractivity contribution < 1.29 is 28.2 Å². The van der Waals surface area contributed by atoms with E-state index in [-0.39, 0.29) is 23.2 Å². The Kier molecular flexibility index (Phi) is 12.4. The van der Waals surface area contributed by atoms with Crippen LogP contribution < -0.4 is 0 Å². The van der Waals surface area contributed by atoms with Crippen molar-refractivity contribution in [3.8, 4) is 0 Å². The normalized spacial score (nSPS) is 11.3. The minimum Gasteiger partial charge on any atom is -0.478 e. The van der Waals surface area contributed by atoms with E-state index in [1.165, 1.54) is 31.4 Å². The van der Waals surface area contributed by atoms with Gasteiger partial charge in [-0.15, -0.1) is 0 Å². The van der Waals surface area contributed by atoms with E-state index in [1.54, 1.807) is 60.7 Å². The molecule has 8 aromatic rings. The van der Waals surface area contributed by atoms with E-state index in [1.807, 2.05) is 82.2 Å².